The number of aromatic nitrogens is 3. The summed E-state index contributed by atoms with van der Waals surface area (Å²) in [6.07, 6.45) is 5.26. The Kier molecular flexibility index (Phi) is 3.61. The van der Waals surface area contributed by atoms with Crippen molar-refractivity contribution in [3.05, 3.63) is 0 Å². The SMILES string of the molecule is COc1nc(N)nc(N(C)CC2CCCC2)n1. The Morgan fingerprint density at radius 1 is 1.29 bits per heavy atom. The summed E-state index contributed by atoms with van der Waals surface area (Å²) in [5, 5.41) is 0. The van der Waals surface area contributed by atoms with Gasteiger partial charge in [0.15, 0.2) is 0 Å². The van der Waals surface area contributed by atoms with Gasteiger partial charge in [-0.15, -0.1) is 0 Å². The number of nitrogens with two attached hydrogens (primary N) is 1. The van der Waals surface area contributed by atoms with Crippen LogP contribution in [-0.4, -0.2) is 35.7 Å². The zero-order valence-electron chi connectivity index (χ0n) is 10.4. The third kappa shape index (κ3) is 2.95. The number of ether oxygens (including phenoxy) is 1. The summed E-state index contributed by atoms with van der Waals surface area (Å²) in [6, 6.07) is 0.269. The van der Waals surface area contributed by atoms with Gasteiger partial charge in [0.05, 0.1) is 7.11 Å². The second-order valence-electron chi connectivity index (χ2n) is 4.51. The minimum Gasteiger partial charge on any atom is -0.467 e. The van der Waals surface area contributed by atoms with Crippen molar-refractivity contribution in [2.45, 2.75) is 25.7 Å². The zero-order chi connectivity index (χ0) is 12.3. The molecule has 0 bridgehead atoms. The predicted molar refractivity (Wildman–Crippen MR) is 66.0 cm³/mol. The van der Waals surface area contributed by atoms with Gasteiger partial charge in [0.2, 0.25) is 11.9 Å². The predicted octanol–water partition coefficient (Wildman–Crippen LogP) is 1.09. The number of methoxy groups -OCH3 is 1. The summed E-state index contributed by atoms with van der Waals surface area (Å²) >= 11 is 0. The molecular formula is C11H19N5O. The van der Waals surface area contributed by atoms with Crippen LogP contribution in [0.25, 0.3) is 0 Å². The van der Waals surface area contributed by atoms with Gasteiger partial charge < -0.3 is 15.4 Å². The fraction of sp³-hybridized carbons (Fsp3) is 0.727. The molecule has 2 N–H and O–H groups in total. The van der Waals surface area contributed by atoms with Gasteiger partial charge in [-0.05, 0) is 18.8 Å². The summed E-state index contributed by atoms with van der Waals surface area (Å²) in [6.45, 7) is 0.965. The van der Waals surface area contributed by atoms with Crippen LogP contribution in [0.4, 0.5) is 11.9 Å². The van der Waals surface area contributed by atoms with E-state index in [9.17, 15) is 0 Å². The molecule has 1 aliphatic rings. The van der Waals surface area contributed by atoms with Crippen molar-refractivity contribution in [2.24, 2.45) is 5.92 Å². The normalized spacial score (nSPS) is 16.1. The molecule has 0 unspecified atom stereocenters. The molecule has 2 rings (SSSR count). The Labute approximate surface area is 101 Å². The first-order chi connectivity index (χ1) is 8.19. The first-order valence-electron chi connectivity index (χ1n) is 5.95. The molecule has 1 aromatic rings. The molecule has 1 saturated carbocycles. The lowest BCUT2D eigenvalue weighted by molar-refractivity contribution is 0.378. The van der Waals surface area contributed by atoms with Gasteiger partial charge in [0.1, 0.15) is 0 Å². The first kappa shape index (κ1) is 11.9. The van der Waals surface area contributed by atoms with Crippen LogP contribution in [-0.2, 0) is 0 Å². The average molecular weight is 237 g/mol. The standard InChI is InChI=1S/C11H19N5O/c1-16(7-8-5-3-4-6-8)10-13-9(12)14-11(15-10)17-2/h8H,3-7H2,1-2H3,(H2,12,13,14,15). The molecule has 94 valence electrons. The number of hydrogen-bond acceptors (Lipinski definition) is 6. The second kappa shape index (κ2) is 5.16. The minimum atomic E-state index is 0.199. The molecule has 6 heteroatoms. The van der Waals surface area contributed by atoms with E-state index in [2.05, 4.69) is 15.0 Å². The maximum atomic E-state index is 5.61. The smallest absolute Gasteiger partial charge is 0.322 e. The Bertz CT molecular complexity index is 378. The topological polar surface area (TPSA) is 77.2 Å². The van der Waals surface area contributed by atoms with Gasteiger partial charge in [0, 0.05) is 13.6 Å². The lowest BCUT2D eigenvalue weighted by Gasteiger charge is -2.21. The number of nitrogen functional groups attached to an aromatic ring is 1. The summed E-state index contributed by atoms with van der Waals surface area (Å²) in [5.41, 5.74) is 5.61. The van der Waals surface area contributed by atoms with Crippen LogP contribution in [0.2, 0.25) is 0 Å². The van der Waals surface area contributed by atoms with Gasteiger partial charge in [0.25, 0.3) is 0 Å². The first-order valence-corrected chi connectivity index (χ1v) is 5.95. The molecule has 1 aliphatic carbocycles. The van der Waals surface area contributed by atoms with E-state index in [1.54, 1.807) is 0 Å². The number of anilines is 2. The lowest BCUT2D eigenvalue weighted by atomic mass is 10.1. The summed E-state index contributed by atoms with van der Waals surface area (Å²) in [4.78, 5) is 14.2. The van der Waals surface area contributed by atoms with Crippen LogP contribution in [0.15, 0.2) is 0 Å². The van der Waals surface area contributed by atoms with E-state index in [4.69, 9.17) is 10.5 Å². The molecular weight excluding hydrogens is 218 g/mol. The molecule has 0 aliphatic heterocycles. The molecule has 0 aromatic carbocycles. The second-order valence-corrected chi connectivity index (χ2v) is 4.51. The van der Waals surface area contributed by atoms with Crippen LogP contribution >= 0.6 is 0 Å². The number of hydrogen-bond donors (Lipinski definition) is 1. The van der Waals surface area contributed by atoms with E-state index in [-0.39, 0.29) is 12.0 Å². The highest BCUT2D eigenvalue weighted by atomic mass is 16.5. The highest BCUT2D eigenvalue weighted by molar-refractivity contribution is 5.35. The van der Waals surface area contributed by atoms with Crippen LogP contribution in [0.1, 0.15) is 25.7 Å². The minimum absolute atomic E-state index is 0.199. The van der Waals surface area contributed by atoms with Crippen molar-refractivity contribution in [2.75, 3.05) is 31.3 Å². The van der Waals surface area contributed by atoms with Gasteiger partial charge in [-0.2, -0.15) is 15.0 Å². The third-order valence-electron chi connectivity index (χ3n) is 3.15. The van der Waals surface area contributed by atoms with Crippen LogP contribution < -0.4 is 15.4 Å². The molecule has 0 spiro atoms. The van der Waals surface area contributed by atoms with E-state index in [1.807, 2.05) is 11.9 Å². The maximum Gasteiger partial charge on any atom is 0.322 e. The van der Waals surface area contributed by atoms with E-state index in [0.29, 0.717) is 5.95 Å². The molecule has 0 radical (unpaired) electrons. The Morgan fingerprint density at radius 2 is 2.00 bits per heavy atom. The van der Waals surface area contributed by atoms with E-state index < -0.39 is 0 Å². The average Bonchev–Trinajstić information content (AvgIpc) is 2.81. The Hall–Kier alpha value is -1.59. The van der Waals surface area contributed by atoms with Gasteiger partial charge in [-0.3, -0.25) is 0 Å². The third-order valence-corrected chi connectivity index (χ3v) is 3.15. The van der Waals surface area contributed by atoms with Crippen molar-refractivity contribution in [1.82, 2.24) is 15.0 Å². The number of nitrogens with zero attached hydrogens (tertiary/aromatic N) is 4. The van der Waals surface area contributed by atoms with Crippen molar-refractivity contribution in [3.8, 4) is 6.01 Å². The van der Waals surface area contributed by atoms with E-state index >= 15 is 0 Å². The van der Waals surface area contributed by atoms with E-state index in [1.165, 1.54) is 32.8 Å². The van der Waals surface area contributed by atoms with Crippen molar-refractivity contribution in [1.29, 1.82) is 0 Å². The van der Waals surface area contributed by atoms with Crippen molar-refractivity contribution >= 4 is 11.9 Å². The quantitative estimate of drug-likeness (QED) is 0.844. The summed E-state index contributed by atoms with van der Waals surface area (Å²) in [5.74, 6) is 1.52. The van der Waals surface area contributed by atoms with Gasteiger partial charge in [-0.1, -0.05) is 12.8 Å². The fourth-order valence-corrected chi connectivity index (χ4v) is 2.28. The van der Waals surface area contributed by atoms with E-state index in [0.717, 1.165) is 12.5 Å². The largest absolute Gasteiger partial charge is 0.467 e. The lowest BCUT2D eigenvalue weighted by Crippen LogP contribution is -2.26. The molecule has 1 heterocycles. The zero-order valence-corrected chi connectivity index (χ0v) is 10.4. The monoisotopic (exact) mass is 237 g/mol. The van der Waals surface area contributed by atoms with Crippen molar-refractivity contribution < 1.29 is 4.74 Å². The van der Waals surface area contributed by atoms with Crippen LogP contribution in [0, 0.1) is 5.92 Å². The molecule has 6 nitrogen and oxygen atoms in total. The molecule has 1 aromatic heterocycles. The Morgan fingerprint density at radius 3 is 2.65 bits per heavy atom. The van der Waals surface area contributed by atoms with Gasteiger partial charge >= 0.3 is 6.01 Å². The number of rotatable bonds is 4. The molecule has 0 saturated heterocycles. The summed E-state index contributed by atoms with van der Waals surface area (Å²) in [7, 11) is 3.50. The van der Waals surface area contributed by atoms with Crippen molar-refractivity contribution in [3.63, 3.8) is 0 Å². The molecule has 0 atom stereocenters. The molecule has 0 amide bonds. The van der Waals surface area contributed by atoms with Gasteiger partial charge in [-0.25, -0.2) is 0 Å². The summed E-state index contributed by atoms with van der Waals surface area (Å²) < 4.78 is 4.99. The molecule has 17 heavy (non-hydrogen) atoms. The highest BCUT2D eigenvalue weighted by Gasteiger charge is 2.18. The highest BCUT2D eigenvalue weighted by Crippen LogP contribution is 2.26. The van der Waals surface area contributed by atoms with Crippen LogP contribution in [0.3, 0.4) is 0 Å². The maximum absolute atomic E-state index is 5.61. The molecule has 1 fully saturated rings. The van der Waals surface area contributed by atoms with Crippen LogP contribution in [0.5, 0.6) is 6.01 Å². The Balaban J connectivity index is 2.06. The fourth-order valence-electron chi connectivity index (χ4n) is 2.28.